The summed E-state index contributed by atoms with van der Waals surface area (Å²) in [5, 5.41) is 9.92. The highest BCUT2D eigenvalue weighted by Gasteiger charge is 2.01. The van der Waals surface area contributed by atoms with Crippen molar-refractivity contribution in [2.75, 3.05) is 0 Å². The Morgan fingerprint density at radius 2 is 2.30 bits per heavy atom. The first-order chi connectivity index (χ1) is 4.68. The van der Waals surface area contributed by atoms with Gasteiger partial charge >= 0.3 is 6.08 Å². The number of nitrogens with zero attached hydrogens (tertiary/aromatic N) is 4. The van der Waals surface area contributed by atoms with Crippen molar-refractivity contribution in [3.8, 4) is 0 Å². The van der Waals surface area contributed by atoms with E-state index >= 15 is 0 Å². The molecule has 5 heteroatoms. The fraction of sp³-hybridized carbons (Fsp3) is 0.800. The first-order valence-electron chi connectivity index (χ1n) is 3.12. The van der Waals surface area contributed by atoms with E-state index in [1.807, 2.05) is 13.8 Å². The lowest BCUT2D eigenvalue weighted by atomic mass is 10.2. The van der Waals surface area contributed by atoms with Crippen molar-refractivity contribution >= 4 is 0 Å². The zero-order valence-electron chi connectivity index (χ0n) is 5.95. The molecule has 0 unspecified atom stereocenters. The van der Waals surface area contributed by atoms with Crippen LogP contribution < -0.4 is 0 Å². The average Bonchev–Trinajstić information content (AvgIpc) is 2.13. The van der Waals surface area contributed by atoms with E-state index in [-0.39, 0.29) is 0 Å². The second-order valence-corrected chi connectivity index (χ2v) is 2.51. The van der Waals surface area contributed by atoms with Gasteiger partial charge in [-0.25, -0.2) is 0 Å². The van der Waals surface area contributed by atoms with E-state index in [1.165, 1.54) is 4.80 Å². The van der Waals surface area contributed by atoms with Gasteiger partial charge in [-0.3, -0.25) is 0 Å². The molecule has 0 N–H and O–H groups in total. The van der Waals surface area contributed by atoms with Gasteiger partial charge in [0.25, 0.3) is 0 Å². The Bertz CT molecular complexity index is 207. The summed E-state index contributed by atoms with van der Waals surface area (Å²) in [5.41, 5.74) is 0. The SMILES string of the molecule is CC(C)Cn1nnc(F)n1. The van der Waals surface area contributed by atoms with Gasteiger partial charge in [0.15, 0.2) is 0 Å². The number of hydrogen-bond donors (Lipinski definition) is 0. The molecular formula is C5H9FN4. The molecule has 56 valence electrons. The van der Waals surface area contributed by atoms with Crippen LogP contribution in [0.25, 0.3) is 0 Å². The molecule has 0 spiro atoms. The molecule has 0 aliphatic rings. The van der Waals surface area contributed by atoms with Crippen molar-refractivity contribution in [1.29, 1.82) is 0 Å². The molecule has 1 heterocycles. The maximum absolute atomic E-state index is 12.1. The van der Waals surface area contributed by atoms with Crippen molar-refractivity contribution < 1.29 is 4.39 Å². The molecule has 0 aromatic carbocycles. The number of aromatic nitrogens is 4. The van der Waals surface area contributed by atoms with Crippen LogP contribution in [0.4, 0.5) is 4.39 Å². The fourth-order valence-corrected chi connectivity index (χ4v) is 0.628. The second-order valence-electron chi connectivity index (χ2n) is 2.51. The summed E-state index contributed by atoms with van der Waals surface area (Å²) in [4.78, 5) is 1.25. The molecule has 0 radical (unpaired) electrons. The Labute approximate surface area is 58.0 Å². The Hall–Kier alpha value is -1.00. The number of rotatable bonds is 2. The van der Waals surface area contributed by atoms with Crippen molar-refractivity contribution in [2.45, 2.75) is 20.4 Å². The maximum atomic E-state index is 12.1. The molecule has 0 saturated heterocycles. The van der Waals surface area contributed by atoms with Crippen LogP contribution in [0.1, 0.15) is 13.8 Å². The minimum Gasteiger partial charge on any atom is -0.161 e. The smallest absolute Gasteiger partial charge is 0.161 e. The lowest BCUT2D eigenvalue weighted by Gasteiger charge is -1.99. The number of halogens is 1. The molecule has 1 rings (SSSR count). The lowest BCUT2D eigenvalue weighted by Crippen LogP contribution is -2.07. The highest BCUT2D eigenvalue weighted by atomic mass is 19.1. The Balaban J connectivity index is 2.58. The van der Waals surface area contributed by atoms with Gasteiger partial charge in [-0.05, 0) is 11.1 Å². The van der Waals surface area contributed by atoms with E-state index in [2.05, 4.69) is 15.4 Å². The molecule has 4 nitrogen and oxygen atoms in total. The number of tetrazole rings is 1. The van der Waals surface area contributed by atoms with Gasteiger partial charge in [0.05, 0.1) is 6.54 Å². The third-order valence-electron chi connectivity index (χ3n) is 0.957. The topological polar surface area (TPSA) is 43.6 Å². The Morgan fingerprint density at radius 3 is 2.70 bits per heavy atom. The third kappa shape index (κ3) is 1.75. The molecule has 0 fully saturated rings. The molecule has 1 aromatic rings. The van der Waals surface area contributed by atoms with Crippen LogP contribution in [0.3, 0.4) is 0 Å². The predicted octanol–water partition coefficient (Wildman–Crippen LogP) is 0.468. The molecule has 0 amide bonds. The summed E-state index contributed by atoms with van der Waals surface area (Å²) in [7, 11) is 0. The van der Waals surface area contributed by atoms with Crippen molar-refractivity contribution in [1.82, 2.24) is 20.2 Å². The van der Waals surface area contributed by atoms with Crippen LogP contribution in [-0.4, -0.2) is 20.2 Å². The zero-order valence-corrected chi connectivity index (χ0v) is 5.95. The predicted molar refractivity (Wildman–Crippen MR) is 32.6 cm³/mol. The van der Waals surface area contributed by atoms with Crippen LogP contribution in [0.5, 0.6) is 0 Å². The van der Waals surface area contributed by atoms with Crippen LogP contribution >= 0.6 is 0 Å². The van der Waals surface area contributed by atoms with E-state index in [4.69, 9.17) is 0 Å². The summed E-state index contributed by atoms with van der Waals surface area (Å²) >= 11 is 0. The lowest BCUT2D eigenvalue weighted by molar-refractivity contribution is 0.420. The Morgan fingerprint density at radius 1 is 1.60 bits per heavy atom. The van der Waals surface area contributed by atoms with Gasteiger partial charge in [0.1, 0.15) is 0 Å². The summed E-state index contributed by atoms with van der Waals surface area (Å²) < 4.78 is 12.1. The van der Waals surface area contributed by atoms with Gasteiger partial charge in [0.2, 0.25) is 0 Å². The summed E-state index contributed by atoms with van der Waals surface area (Å²) in [5.74, 6) is 0.411. The van der Waals surface area contributed by atoms with E-state index < -0.39 is 6.08 Å². The summed E-state index contributed by atoms with van der Waals surface area (Å²) in [6.45, 7) is 4.61. The molecule has 0 bridgehead atoms. The molecule has 0 aliphatic carbocycles. The normalized spacial score (nSPS) is 10.8. The van der Waals surface area contributed by atoms with Gasteiger partial charge in [-0.1, -0.05) is 18.9 Å². The summed E-state index contributed by atoms with van der Waals surface area (Å²) in [6, 6.07) is 0. The molecule has 1 aromatic heterocycles. The molecule has 10 heavy (non-hydrogen) atoms. The largest absolute Gasteiger partial charge is 0.347 e. The van der Waals surface area contributed by atoms with E-state index in [0.717, 1.165) is 0 Å². The standard InChI is InChI=1S/C5H9FN4/c1-4(2)3-10-8-5(6)7-9-10/h4H,3H2,1-2H3. The van der Waals surface area contributed by atoms with E-state index in [9.17, 15) is 4.39 Å². The second kappa shape index (κ2) is 2.72. The summed E-state index contributed by atoms with van der Waals surface area (Å²) in [6.07, 6.45) is -0.763. The average molecular weight is 144 g/mol. The van der Waals surface area contributed by atoms with Crippen LogP contribution in [0.2, 0.25) is 0 Å². The van der Waals surface area contributed by atoms with Crippen molar-refractivity contribution in [3.05, 3.63) is 6.08 Å². The van der Waals surface area contributed by atoms with E-state index in [1.54, 1.807) is 0 Å². The molecule has 0 saturated carbocycles. The fourth-order valence-electron chi connectivity index (χ4n) is 0.628. The molecular weight excluding hydrogens is 135 g/mol. The van der Waals surface area contributed by atoms with Crippen LogP contribution in [0.15, 0.2) is 0 Å². The van der Waals surface area contributed by atoms with Gasteiger partial charge < -0.3 is 0 Å². The third-order valence-corrected chi connectivity index (χ3v) is 0.957. The van der Waals surface area contributed by atoms with E-state index in [0.29, 0.717) is 12.5 Å². The molecule has 0 aliphatic heterocycles. The van der Waals surface area contributed by atoms with Gasteiger partial charge in [-0.2, -0.15) is 9.19 Å². The minimum absolute atomic E-state index is 0.411. The maximum Gasteiger partial charge on any atom is 0.347 e. The monoisotopic (exact) mass is 144 g/mol. The first kappa shape index (κ1) is 7.11. The van der Waals surface area contributed by atoms with Crippen molar-refractivity contribution in [3.63, 3.8) is 0 Å². The van der Waals surface area contributed by atoms with Gasteiger partial charge in [-0.15, -0.1) is 5.10 Å². The quantitative estimate of drug-likeness (QED) is 0.606. The van der Waals surface area contributed by atoms with Crippen LogP contribution in [0, 0.1) is 12.0 Å². The zero-order chi connectivity index (χ0) is 7.56. The highest BCUT2D eigenvalue weighted by Crippen LogP contribution is 1.94. The Kier molecular flexibility index (Phi) is 1.94. The molecule has 0 atom stereocenters. The minimum atomic E-state index is -0.763. The first-order valence-corrected chi connectivity index (χ1v) is 3.12. The van der Waals surface area contributed by atoms with Crippen molar-refractivity contribution in [2.24, 2.45) is 5.92 Å². The van der Waals surface area contributed by atoms with Gasteiger partial charge in [0, 0.05) is 0 Å². The number of hydrogen-bond acceptors (Lipinski definition) is 3. The highest BCUT2D eigenvalue weighted by molar-refractivity contribution is 4.47. The van der Waals surface area contributed by atoms with Crippen LogP contribution in [-0.2, 0) is 6.54 Å².